The van der Waals surface area contributed by atoms with Gasteiger partial charge in [0.2, 0.25) is 0 Å². The Labute approximate surface area is 295 Å². The molecule has 5 rings (SSSR count). The molecule has 0 radical (unpaired) electrons. The van der Waals surface area contributed by atoms with Crippen molar-refractivity contribution >= 4 is 10.4 Å². The van der Waals surface area contributed by atoms with E-state index in [9.17, 15) is 48.7 Å². The minimum absolute atomic E-state index is 0.0355. The molecule has 18 unspecified atom stereocenters. The molecule has 8 N–H and O–H groups in total. The molecular weight excluding hydrogens is 676 g/mol. The normalized spacial score (nSPS) is 49.4. The fourth-order valence-electron chi connectivity index (χ4n) is 11.2. The average Bonchev–Trinajstić information content (AvgIpc) is 3.23. The molecule has 15 heteroatoms. The molecule has 5 fully saturated rings. The van der Waals surface area contributed by atoms with Crippen LogP contribution < -0.4 is 0 Å². The van der Waals surface area contributed by atoms with E-state index in [0.717, 1.165) is 0 Å². The van der Waals surface area contributed by atoms with Crippen molar-refractivity contribution in [2.75, 3.05) is 20.3 Å². The molecule has 4 saturated carbocycles. The summed E-state index contributed by atoms with van der Waals surface area (Å²) >= 11 is 0. The van der Waals surface area contributed by atoms with Gasteiger partial charge in [-0.15, -0.1) is 0 Å². The minimum Gasteiger partial charge on any atom is -0.393 e. The molecule has 0 bridgehead atoms. The molecule has 14 nitrogen and oxygen atoms in total. The van der Waals surface area contributed by atoms with Gasteiger partial charge in [-0.05, 0) is 84.9 Å². The van der Waals surface area contributed by atoms with Crippen LogP contribution in [0.2, 0.25) is 0 Å². The number of rotatable bonds is 11. The summed E-state index contributed by atoms with van der Waals surface area (Å²) in [6.07, 6.45) is -3.83. The lowest BCUT2D eigenvalue weighted by Crippen LogP contribution is -2.75. The molecule has 290 valence electrons. The van der Waals surface area contributed by atoms with Crippen molar-refractivity contribution in [3.63, 3.8) is 0 Å². The summed E-state index contributed by atoms with van der Waals surface area (Å²) in [5.41, 5.74) is -3.17. The Morgan fingerprint density at radius 3 is 2.20 bits per heavy atom. The lowest BCUT2D eigenvalue weighted by atomic mass is 9.41. The van der Waals surface area contributed by atoms with Crippen molar-refractivity contribution < 1.29 is 67.1 Å². The SMILES string of the molecule is COC1C(O)COC(OCCC(C=CC(C)C2C(O)C(O)C3C2(C)CCC2C4(C)CCC(O)CC4C(O)C(O)C23O)C(C)C)C1OS(=O)(=O)O. The number of ether oxygens (including phenoxy) is 3. The fraction of sp³-hybridized carbons (Fsp3) is 0.943. The molecule has 0 aromatic carbocycles. The van der Waals surface area contributed by atoms with Gasteiger partial charge in [-0.2, -0.15) is 8.42 Å². The Morgan fingerprint density at radius 1 is 0.920 bits per heavy atom. The van der Waals surface area contributed by atoms with Crippen molar-refractivity contribution in [2.24, 2.45) is 52.3 Å². The molecule has 0 aromatic rings. The Kier molecular flexibility index (Phi) is 12.0. The second-order valence-corrected chi connectivity index (χ2v) is 17.8. The van der Waals surface area contributed by atoms with Crippen LogP contribution in [0, 0.1) is 52.3 Å². The van der Waals surface area contributed by atoms with E-state index in [-0.39, 0.29) is 31.0 Å². The summed E-state index contributed by atoms with van der Waals surface area (Å²) in [7, 11) is -3.64. The maximum Gasteiger partial charge on any atom is 0.397 e. The maximum absolute atomic E-state index is 12.6. The molecule has 1 saturated heterocycles. The van der Waals surface area contributed by atoms with Gasteiger partial charge in [-0.3, -0.25) is 4.55 Å². The Morgan fingerprint density at radius 2 is 1.58 bits per heavy atom. The van der Waals surface area contributed by atoms with E-state index >= 15 is 0 Å². The number of allylic oxidation sites excluding steroid dienone is 2. The van der Waals surface area contributed by atoms with Gasteiger partial charge in [-0.1, -0.05) is 46.8 Å². The van der Waals surface area contributed by atoms with Gasteiger partial charge in [0.1, 0.15) is 23.9 Å². The number of methoxy groups -OCH3 is 1. The Balaban J connectivity index is 1.31. The van der Waals surface area contributed by atoms with Crippen LogP contribution in [0.1, 0.15) is 73.1 Å². The summed E-state index contributed by atoms with van der Waals surface area (Å²) in [4.78, 5) is 0. The molecule has 0 aromatic heterocycles. The Hall–Kier alpha value is -0.790. The smallest absolute Gasteiger partial charge is 0.393 e. The van der Waals surface area contributed by atoms with Gasteiger partial charge in [0, 0.05) is 13.0 Å². The molecule has 1 aliphatic heterocycles. The van der Waals surface area contributed by atoms with Crippen LogP contribution in [0.25, 0.3) is 0 Å². The molecule has 50 heavy (non-hydrogen) atoms. The topological polar surface area (TPSA) is 233 Å². The van der Waals surface area contributed by atoms with Crippen LogP contribution >= 0.6 is 0 Å². The number of hydrogen-bond acceptors (Lipinski definition) is 13. The molecule has 0 spiro atoms. The number of aliphatic hydroxyl groups is 7. The first-order valence-corrected chi connectivity index (χ1v) is 19.5. The average molecular weight is 737 g/mol. The van der Waals surface area contributed by atoms with Gasteiger partial charge in [0.25, 0.3) is 0 Å². The quantitative estimate of drug-likeness (QED) is 0.108. The highest BCUT2D eigenvalue weighted by atomic mass is 32.3. The van der Waals surface area contributed by atoms with Crippen molar-refractivity contribution in [1.29, 1.82) is 0 Å². The molecular formula is C35H60O14S. The van der Waals surface area contributed by atoms with Crippen molar-refractivity contribution in [1.82, 2.24) is 0 Å². The molecule has 4 aliphatic carbocycles. The van der Waals surface area contributed by atoms with E-state index in [1.807, 2.05) is 46.8 Å². The summed E-state index contributed by atoms with van der Waals surface area (Å²) in [5, 5.41) is 79.5. The third kappa shape index (κ3) is 6.98. The molecule has 1 heterocycles. The van der Waals surface area contributed by atoms with E-state index in [1.165, 1.54) is 7.11 Å². The van der Waals surface area contributed by atoms with E-state index in [4.69, 9.17) is 18.4 Å². The zero-order valence-corrected chi connectivity index (χ0v) is 30.8. The van der Waals surface area contributed by atoms with Gasteiger partial charge >= 0.3 is 10.4 Å². The van der Waals surface area contributed by atoms with Gasteiger partial charge < -0.3 is 50.0 Å². The van der Waals surface area contributed by atoms with Gasteiger partial charge in [0.05, 0.1) is 37.6 Å². The van der Waals surface area contributed by atoms with Crippen LogP contribution in [0.3, 0.4) is 0 Å². The van der Waals surface area contributed by atoms with Crippen LogP contribution in [0.5, 0.6) is 0 Å². The fourth-order valence-corrected chi connectivity index (χ4v) is 11.7. The summed E-state index contributed by atoms with van der Waals surface area (Å²) in [6.45, 7) is 9.94. The van der Waals surface area contributed by atoms with Gasteiger partial charge in [0.15, 0.2) is 12.4 Å². The van der Waals surface area contributed by atoms with Crippen molar-refractivity contribution in [2.45, 2.75) is 134 Å². The minimum atomic E-state index is -4.90. The lowest BCUT2D eigenvalue weighted by Gasteiger charge is -2.67. The predicted molar refractivity (Wildman–Crippen MR) is 178 cm³/mol. The number of hydrogen-bond donors (Lipinski definition) is 8. The summed E-state index contributed by atoms with van der Waals surface area (Å²) in [6, 6.07) is 0. The third-order valence-corrected chi connectivity index (χ3v) is 14.1. The Bertz CT molecular complexity index is 1310. The van der Waals surface area contributed by atoms with E-state index in [2.05, 4.69) is 0 Å². The van der Waals surface area contributed by atoms with E-state index < -0.39 is 106 Å². The largest absolute Gasteiger partial charge is 0.397 e. The molecule has 18 atom stereocenters. The zero-order valence-electron chi connectivity index (χ0n) is 30.0. The first kappa shape index (κ1) is 40.4. The predicted octanol–water partition coefficient (Wildman–Crippen LogP) is 0.796. The highest BCUT2D eigenvalue weighted by Gasteiger charge is 2.75. The highest BCUT2D eigenvalue weighted by Crippen LogP contribution is 2.69. The number of aliphatic hydroxyl groups excluding tert-OH is 6. The van der Waals surface area contributed by atoms with E-state index in [0.29, 0.717) is 38.5 Å². The van der Waals surface area contributed by atoms with Crippen LogP contribution in [0.4, 0.5) is 0 Å². The first-order chi connectivity index (χ1) is 23.2. The van der Waals surface area contributed by atoms with E-state index in [1.54, 1.807) is 0 Å². The standard InChI is InChI=1S/C35H60O14S/c1-17(2)19(11-14-47-32-29(49-50(43,44)45)28(46-6)22(37)16-48-32)8-7-18(3)24-26(39)27(40)30-34(24,5)13-10-23-33(4)12-9-20(36)15-21(33)25(38)31(41)35(23,30)42/h7-8,17-32,36-42H,9-16H2,1-6H3,(H,43,44,45). The maximum atomic E-state index is 12.6. The van der Waals surface area contributed by atoms with Crippen LogP contribution in [-0.2, 0) is 28.8 Å². The third-order valence-electron chi connectivity index (χ3n) is 13.7. The first-order valence-electron chi connectivity index (χ1n) is 18.1. The number of fused-ring (bicyclic) bond motifs is 5. The van der Waals surface area contributed by atoms with Crippen LogP contribution in [-0.4, -0.2) is 130 Å². The molecule has 5 aliphatic rings. The zero-order chi connectivity index (χ0) is 37.1. The highest BCUT2D eigenvalue weighted by molar-refractivity contribution is 7.80. The summed E-state index contributed by atoms with van der Waals surface area (Å²) in [5.74, 6) is -2.33. The monoisotopic (exact) mass is 736 g/mol. The summed E-state index contributed by atoms with van der Waals surface area (Å²) < 4.78 is 53.6. The second-order valence-electron chi connectivity index (χ2n) is 16.7. The van der Waals surface area contributed by atoms with Crippen molar-refractivity contribution in [3.8, 4) is 0 Å². The second kappa shape index (κ2) is 14.8. The lowest BCUT2D eigenvalue weighted by molar-refractivity contribution is -0.309. The van der Waals surface area contributed by atoms with Crippen molar-refractivity contribution in [3.05, 3.63) is 12.2 Å². The van der Waals surface area contributed by atoms with Gasteiger partial charge in [-0.25, -0.2) is 4.18 Å². The molecule has 0 amide bonds. The van der Waals surface area contributed by atoms with Crippen LogP contribution in [0.15, 0.2) is 12.2 Å².